The number of hydrogen-bond acceptors (Lipinski definition) is 5. The van der Waals surface area contributed by atoms with Crippen molar-refractivity contribution in [1.29, 1.82) is 0 Å². The van der Waals surface area contributed by atoms with Crippen molar-refractivity contribution in [3.8, 4) is 0 Å². The summed E-state index contributed by atoms with van der Waals surface area (Å²) in [5.41, 5.74) is 1.58. The molecule has 2 amide bonds. The Bertz CT molecular complexity index is 740. The fraction of sp³-hybridized carbons (Fsp3) is 0.368. The molecular weight excluding hydrogens is 330 g/mol. The third kappa shape index (κ3) is 4.56. The van der Waals surface area contributed by atoms with Crippen molar-refractivity contribution in [3.63, 3.8) is 0 Å². The minimum Gasteiger partial charge on any atom is -0.368 e. The molecule has 0 saturated carbocycles. The first-order chi connectivity index (χ1) is 12.6. The number of piperazine rings is 1. The van der Waals surface area contributed by atoms with Crippen molar-refractivity contribution in [1.82, 2.24) is 19.8 Å². The van der Waals surface area contributed by atoms with E-state index >= 15 is 0 Å². The number of anilines is 1. The molecular formula is C19H23N5O2. The quantitative estimate of drug-likeness (QED) is 0.880. The smallest absolute Gasteiger partial charge is 0.274 e. The Balaban J connectivity index is 1.49. The average molecular weight is 353 g/mol. The van der Waals surface area contributed by atoms with Gasteiger partial charge in [-0.1, -0.05) is 30.3 Å². The van der Waals surface area contributed by atoms with Crippen molar-refractivity contribution >= 4 is 17.6 Å². The number of benzene rings is 1. The van der Waals surface area contributed by atoms with Crippen molar-refractivity contribution < 1.29 is 9.59 Å². The first-order valence-corrected chi connectivity index (χ1v) is 8.78. The molecule has 2 heterocycles. The Kier molecular flexibility index (Phi) is 5.78. The molecule has 0 spiro atoms. The van der Waals surface area contributed by atoms with Crippen molar-refractivity contribution in [2.75, 3.05) is 38.0 Å². The van der Waals surface area contributed by atoms with E-state index in [2.05, 4.69) is 27.4 Å². The Morgan fingerprint density at radius 2 is 1.69 bits per heavy atom. The summed E-state index contributed by atoms with van der Waals surface area (Å²) >= 11 is 0. The van der Waals surface area contributed by atoms with Gasteiger partial charge in [-0.25, -0.2) is 9.97 Å². The molecule has 2 aromatic rings. The number of carbonyl (C=O) groups is 2. The van der Waals surface area contributed by atoms with Crippen LogP contribution < -0.4 is 5.32 Å². The maximum absolute atomic E-state index is 12.5. The van der Waals surface area contributed by atoms with Gasteiger partial charge in [0.25, 0.3) is 5.91 Å². The number of nitrogens with zero attached hydrogens (tertiary/aromatic N) is 4. The highest BCUT2D eigenvalue weighted by atomic mass is 16.2. The molecule has 7 nitrogen and oxygen atoms in total. The van der Waals surface area contributed by atoms with Gasteiger partial charge in [0.1, 0.15) is 11.5 Å². The first-order valence-electron chi connectivity index (χ1n) is 8.78. The fourth-order valence-corrected chi connectivity index (χ4v) is 2.90. The monoisotopic (exact) mass is 353 g/mol. The summed E-state index contributed by atoms with van der Waals surface area (Å²) in [5, 5.41) is 3.21. The average Bonchev–Trinajstić information content (AvgIpc) is 2.69. The summed E-state index contributed by atoms with van der Waals surface area (Å²) in [5.74, 6) is 0.554. The topological polar surface area (TPSA) is 78.4 Å². The predicted octanol–water partition coefficient (Wildman–Crippen LogP) is 1.44. The van der Waals surface area contributed by atoms with Gasteiger partial charge in [0, 0.05) is 39.6 Å². The van der Waals surface area contributed by atoms with Gasteiger partial charge in [0.05, 0.1) is 12.4 Å². The number of hydrogen-bond donors (Lipinski definition) is 1. The summed E-state index contributed by atoms with van der Waals surface area (Å²) in [6.45, 7) is 4.47. The number of carbonyl (C=O) groups excluding carboxylic acids is 2. The molecule has 0 unspecified atom stereocenters. The number of rotatable bonds is 5. The summed E-state index contributed by atoms with van der Waals surface area (Å²) < 4.78 is 0. The highest BCUT2D eigenvalue weighted by molar-refractivity contribution is 5.92. The van der Waals surface area contributed by atoms with Crippen LogP contribution >= 0.6 is 0 Å². The molecule has 1 fully saturated rings. The fourth-order valence-electron chi connectivity index (χ4n) is 2.90. The third-order valence-electron chi connectivity index (χ3n) is 4.45. The maximum atomic E-state index is 12.5. The Morgan fingerprint density at radius 3 is 2.31 bits per heavy atom. The van der Waals surface area contributed by atoms with E-state index in [4.69, 9.17) is 0 Å². The minimum absolute atomic E-state index is 0.0443. The van der Waals surface area contributed by atoms with Crippen LogP contribution in [0.3, 0.4) is 0 Å². The summed E-state index contributed by atoms with van der Waals surface area (Å²) in [4.78, 5) is 35.8. The van der Waals surface area contributed by atoms with Gasteiger partial charge < -0.3 is 15.1 Å². The third-order valence-corrected chi connectivity index (χ3v) is 4.45. The molecule has 1 aliphatic rings. The molecule has 1 aromatic heterocycles. The Hall–Kier alpha value is -2.96. The minimum atomic E-state index is -0.142. The summed E-state index contributed by atoms with van der Waals surface area (Å²) in [6, 6.07) is 10.2. The van der Waals surface area contributed by atoms with E-state index in [0.717, 1.165) is 13.0 Å². The first kappa shape index (κ1) is 17.8. The van der Waals surface area contributed by atoms with Crippen LogP contribution in [0.4, 0.5) is 5.82 Å². The lowest BCUT2D eigenvalue weighted by atomic mass is 10.1. The normalized spacial score (nSPS) is 14.2. The van der Waals surface area contributed by atoms with E-state index in [0.29, 0.717) is 37.7 Å². The molecule has 1 N–H and O–H groups in total. The van der Waals surface area contributed by atoms with E-state index in [-0.39, 0.29) is 11.8 Å². The zero-order valence-corrected chi connectivity index (χ0v) is 14.9. The van der Waals surface area contributed by atoms with E-state index in [1.165, 1.54) is 11.8 Å². The van der Waals surface area contributed by atoms with Gasteiger partial charge in [-0.05, 0) is 12.0 Å². The van der Waals surface area contributed by atoms with Gasteiger partial charge in [-0.3, -0.25) is 9.59 Å². The van der Waals surface area contributed by atoms with Gasteiger partial charge in [0.2, 0.25) is 5.91 Å². The van der Waals surface area contributed by atoms with Gasteiger partial charge in [-0.2, -0.15) is 0 Å². The van der Waals surface area contributed by atoms with Crippen molar-refractivity contribution in [2.45, 2.75) is 13.3 Å². The number of aromatic nitrogens is 2. The molecule has 7 heteroatoms. The molecule has 136 valence electrons. The van der Waals surface area contributed by atoms with Crippen LogP contribution in [0.5, 0.6) is 0 Å². The summed E-state index contributed by atoms with van der Waals surface area (Å²) in [7, 11) is 0. The lowest BCUT2D eigenvalue weighted by Gasteiger charge is -2.33. The maximum Gasteiger partial charge on any atom is 0.274 e. The molecule has 1 saturated heterocycles. The SMILES string of the molecule is CC(=O)N1CCN(C(=O)c2cnc(NCCc3ccccc3)cn2)CC1. The molecule has 0 atom stereocenters. The van der Waals surface area contributed by atoms with E-state index in [9.17, 15) is 9.59 Å². The van der Waals surface area contributed by atoms with Crippen LogP contribution in [-0.2, 0) is 11.2 Å². The van der Waals surface area contributed by atoms with Crippen LogP contribution in [0.2, 0.25) is 0 Å². The van der Waals surface area contributed by atoms with E-state index in [1.54, 1.807) is 22.9 Å². The number of amides is 2. The molecule has 1 aromatic carbocycles. The second-order valence-electron chi connectivity index (χ2n) is 6.25. The van der Waals surface area contributed by atoms with Crippen LogP contribution in [-0.4, -0.2) is 64.3 Å². The van der Waals surface area contributed by atoms with Crippen LogP contribution in [0, 0.1) is 0 Å². The lowest BCUT2D eigenvalue weighted by Crippen LogP contribution is -2.50. The standard InChI is InChI=1S/C19H23N5O2/c1-15(25)23-9-11-24(12-10-23)19(26)17-13-22-18(14-21-17)20-8-7-16-5-3-2-4-6-16/h2-6,13-14H,7-12H2,1H3,(H,20,22). The molecule has 0 aliphatic carbocycles. The number of nitrogens with one attached hydrogen (secondary N) is 1. The second kappa shape index (κ2) is 8.42. The zero-order valence-electron chi connectivity index (χ0n) is 14.9. The molecule has 1 aliphatic heterocycles. The molecule has 3 rings (SSSR count). The predicted molar refractivity (Wildman–Crippen MR) is 98.8 cm³/mol. The molecule has 0 radical (unpaired) electrons. The Labute approximate surface area is 153 Å². The van der Waals surface area contributed by atoms with E-state index in [1.807, 2.05) is 18.2 Å². The molecule has 26 heavy (non-hydrogen) atoms. The highest BCUT2D eigenvalue weighted by Crippen LogP contribution is 2.09. The van der Waals surface area contributed by atoms with Crippen molar-refractivity contribution in [2.24, 2.45) is 0 Å². The molecule has 0 bridgehead atoms. The summed E-state index contributed by atoms with van der Waals surface area (Å²) in [6.07, 6.45) is 3.98. The van der Waals surface area contributed by atoms with Crippen molar-refractivity contribution in [3.05, 3.63) is 54.0 Å². The zero-order chi connectivity index (χ0) is 18.4. The van der Waals surface area contributed by atoms with Crippen LogP contribution in [0.25, 0.3) is 0 Å². The van der Waals surface area contributed by atoms with Crippen LogP contribution in [0.1, 0.15) is 23.0 Å². The highest BCUT2D eigenvalue weighted by Gasteiger charge is 2.24. The van der Waals surface area contributed by atoms with Gasteiger partial charge in [-0.15, -0.1) is 0 Å². The van der Waals surface area contributed by atoms with E-state index < -0.39 is 0 Å². The lowest BCUT2D eigenvalue weighted by molar-refractivity contribution is -0.130. The van der Waals surface area contributed by atoms with Gasteiger partial charge >= 0.3 is 0 Å². The van der Waals surface area contributed by atoms with Gasteiger partial charge in [0.15, 0.2) is 0 Å². The Morgan fingerprint density at radius 1 is 1.00 bits per heavy atom. The van der Waals surface area contributed by atoms with Crippen LogP contribution in [0.15, 0.2) is 42.7 Å². The second-order valence-corrected chi connectivity index (χ2v) is 6.25. The largest absolute Gasteiger partial charge is 0.368 e.